The SMILES string of the molecule is CCCCCCCCCCCCCCCCCCCCCCCCC(=O)O[C@H](COC(=O)CCCCCCCCCCCCCCC)COP(=O)(O)OC[C@@H](O)COP(=O)(O)OC[C@@H](COC(=O)CCCCCCCCC(C)CC)OC(=O)CCCCCCCCCCCCC. The Hall–Kier alpha value is -1.94. The summed E-state index contributed by atoms with van der Waals surface area (Å²) in [6.07, 6.45) is 59.8. The maximum Gasteiger partial charge on any atom is 0.472 e. The first-order valence-corrected chi connectivity index (χ1v) is 43.2. The molecule has 0 aromatic heterocycles. The van der Waals surface area contributed by atoms with Gasteiger partial charge in [0, 0.05) is 25.7 Å². The van der Waals surface area contributed by atoms with E-state index in [9.17, 15) is 43.2 Å². The van der Waals surface area contributed by atoms with Crippen LogP contribution in [0.25, 0.3) is 0 Å². The second kappa shape index (κ2) is 70.1. The molecule has 0 radical (unpaired) electrons. The van der Waals surface area contributed by atoms with Gasteiger partial charge in [-0.3, -0.25) is 37.3 Å². The maximum atomic E-state index is 13.1. The van der Waals surface area contributed by atoms with Crippen LogP contribution in [-0.4, -0.2) is 96.7 Å². The predicted molar refractivity (Wildman–Crippen MR) is 391 cm³/mol. The summed E-state index contributed by atoms with van der Waals surface area (Å²) in [4.78, 5) is 72.8. The Kier molecular flexibility index (Phi) is 68.7. The van der Waals surface area contributed by atoms with Crippen LogP contribution in [-0.2, 0) is 65.4 Å². The standard InChI is InChI=1S/C77H150O17P2/c1-6-10-13-16-19-22-25-27-28-29-30-31-32-33-34-35-37-40-43-46-53-58-63-77(82)93-72(66-87-74(79)60-55-50-44-41-39-36-26-23-20-17-14-11-7-2)68-91-95(83,84)89-64-71(78)65-90-96(85,86)92-69-73(67-88-75(80)61-56-51-48-47-49-54-59-70(5)9-4)94-76(81)62-57-52-45-42-38-24-21-18-15-12-8-3/h70-73,78H,6-69H2,1-5H3,(H,83,84)(H,85,86)/t70?,71-,72-,73-/m1/s1. The van der Waals surface area contributed by atoms with Crippen molar-refractivity contribution in [2.75, 3.05) is 39.6 Å². The molecule has 0 bridgehead atoms. The molecule has 17 nitrogen and oxygen atoms in total. The quantitative estimate of drug-likeness (QED) is 0.0222. The molecule has 0 aliphatic rings. The van der Waals surface area contributed by atoms with E-state index < -0.39 is 97.5 Å². The molecule has 0 spiro atoms. The molecule has 0 saturated carbocycles. The highest BCUT2D eigenvalue weighted by atomic mass is 31.2. The molecule has 19 heteroatoms. The Morgan fingerprint density at radius 2 is 0.500 bits per heavy atom. The van der Waals surface area contributed by atoms with E-state index in [0.717, 1.165) is 102 Å². The van der Waals surface area contributed by atoms with Crippen molar-refractivity contribution in [3.63, 3.8) is 0 Å². The van der Waals surface area contributed by atoms with Crippen LogP contribution < -0.4 is 0 Å². The van der Waals surface area contributed by atoms with Gasteiger partial charge in [0.25, 0.3) is 0 Å². The smallest absolute Gasteiger partial charge is 0.462 e. The lowest BCUT2D eigenvalue weighted by atomic mass is 10.00. The van der Waals surface area contributed by atoms with E-state index in [1.807, 2.05) is 0 Å². The van der Waals surface area contributed by atoms with Crippen LogP contribution in [0.3, 0.4) is 0 Å². The highest BCUT2D eigenvalue weighted by molar-refractivity contribution is 7.47. The lowest BCUT2D eigenvalue weighted by Crippen LogP contribution is -2.30. The van der Waals surface area contributed by atoms with Gasteiger partial charge >= 0.3 is 39.5 Å². The molecule has 570 valence electrons. The molecule has 3 N–H and O–H groups in total. The number of phosphoric acid groups is 2. The molecule has 96 heavy (non-hydrogen) atoms. The summed E-state index contributed by atoms with van der Waals surface area (Å²) >= 11 is 0. The van der Waals surface area contributed by atoms with Crippen LogP contribution >= 0.6 is 15.6 Å². The molecule has 0 amide bonds. The lowest BCUT2D eigenvalue weighted by Gasteiger charge is -2.21. The van der Waals surface area contributed by atoms with Crippen molar-refractivity contribution in [3.8, 4) is 0 Å². The third-order valence-electron chi connectivity index (χ3n) is 18.4. The summed E-state index contributed by atoms with van der Waals surface area (Å²) in [5.74, 6) is -1.38. The zero-order valence-electron chi connectivity index (χ0n) is 62.5. The molecule has 0 heterocycles. The molecule has 6 atom stereocenters. The van der Waals surface area contributed by atoms with E-state index in [-0.39, 0.29) is 25.7 Å². The topological polar surface area (TPSA) is 237 Å². The normalized spacial score (nSPS) is 14.2. The number of unbranched alkanes of at least 4 members (excludes halogenated alkanes) is 48. The molecule has 0 aromatic rings. The summed E-state index contributed by atoms with van der Waals surface area (Å²) in [5.41, 5.74) is 0. The minimum absolute atomic E-state index is 0.106. The Bertz CT molecular complexity index is 1840. The molecule has 0 saturated heterocycles. The van der Waals surface area contributed by atoms with E-state index in [2.05, 4.69) is 34.6 Å². The molecule has 0 fully saturated rings. The van der Waals surface area contributed by atoms with Gasteiger partial charge in [-0.1, -0.05) is 356 Å². The maximum absolute atomic E-state index is 13.1. The van der Waals surface area contributed by atoms with Crippen molar-refractivity contribution in [3.05, 3.63) is 0 Å². The van der Waals surface area contributed by atoms with Crippen molar-refractivity contribution < 1.29 is 80.2 Å². The van der Waals surface area contributed by atoms with Gasteiger partial charge in [-0.2, -0.15) is 0 Å². The van der Waals surface area contributed by atoms with Crippen LogP contribution in [0.5, 0.6) is 0 Å². The van der Waals surface area contributed by atoms with Crippen LogP contribution in [0, 0.1) is 5.92 Å². The van der Waals surface area contributed by atoms with E-state index in [4.69, 9.17) is 37.0 Å². The van der Waals surface area contributed by atoms with Crippen molar-refractivity contribution in [1.29, 1.82) is 0 Å². The van der Waals surface area contributed by atoms with E-state index in [0.29, 0.717) is 25.7 Å². The third-order valence-corrected chi connectivity index (χ3v) is 20.3. The van der Waals surface area contributed by atoms with Crippen LogP contribution in [0.4, 0.5) is 0 Å². The van der Waals surface area contributed by atoms with Crippen LogP contribution in [0.2, 0.25) is 0 Å². The first kappa shape index (κ1) is 94.1. The van der Waals surface area contributed by atoms with E-state index in [1.165, 1.54) is 225 Å². The Morgan fingerprint density at radius 1 is 0.292 bits per heavy atom. The molecule has 0 rings (SSSR count). The fourth-order valence-corrected chi connectivity index (χ4v) is 13.4. The largest absolute Gasteiger partial charge is 0.472 e. The number of phosphoric ester groups is 2. The van der Waals surface area contributed by atoms with Gasteiger partial charge in [-0.05, 0) is 31.6 Å². The van der Waals surface area contributed by atoms with Crippen molar-refractivity contribution in [1.82, 2.24) is 0 Å². The van der Waals surface area contributed by atoms with Gasteiger partial charge in [-0.25, -0.2) is 9.13 Å². The number of aliphatic hydroxyl groups is 1. The Morgan fingerprint density at radius 3 is 0.740 bits per heavy atom. The first-order valence-electron chi connectivity index (χ1n) is 40.2. The zero-order valence-corrected chi connectivity index (χ0v) is 64.3. The number of hydrogen-bond acceptors (Lipinski definition) is 15. The third kappa shape index (κ3) is 69.2. The number of ether oxygens (including phenoxy) is 4. The number of aliphatic hydroxyl groups excluding tert-OH is 1. The highest BCUT2D eigenvalue weighted by Gasteiger charge is 2.30. The average molecular weight is 1410 g/mol. The van der Waals surface area contributed by atoms with Gasteiger partial charge in [-0.15, -0.1) is 0 Å². The van der Waals surface area contributed by atoms with Gasteiger partial charge < -0.3 is 33.8 Å². The average Bonchev–Trinajstić information content (AvgIpc) is 1.34. The van der Waals surface area contributed by atoms with Crippen LogP contribution in [0.1, 0.15) is 407 Å². The number of rotatable bonds is 77. The minimum atomic E-state index is -4.96. The molecule has 0 aliphatic heterocycles. The number of carbonyl (C=O) groups is 4. The zero-order chi connectivity index (χ0) is 70.5. The lowest BCUT2D eigenvalue weighted by molar-refractivity contribution is -0.161. The summed E-state index contributed by atoms with van der Waals surface area (Å²) in [5, 5.41) is 10.6. The summed E-state index contributed by atoms with van der Waals surface area (Å²) < 4.78 is 68.5. The van der Waals surface area contributed by atoms with Crippen molar-refractivity contribution in [2.45, 2.75) is 425 Å². The van der Waals surface area contributed by atoms with Crippen LogP contribution in [0.15, 0.2) is 0 Å². The van der Waals surface area contributed by atoms with Crippen molar-refractivity contribution >= 4 is 39.5 Å². The molecular formula is C77H150O17P2. The van der Waals surface area contributed by atoms with E-state index >= 15 is 0 Å². The molecule has 0 aliphatic carbocycles. The Labute approximate surface area is 588 Å². The monoisotopic (exact) mass is 1410 g/mol. The fourth-order valence-electron chi connectivity index (χ4n) is 11.8. The fraction of sp³-hybridized carbons (Fsp3) is 0.948. The minimum Gasteiger partial charge on any atom is -0.462 e. The Balaban J connectivity index is 5.18. The highest BCUT2D eigenvalue weighted by Crippen LogP contribution is 2.45. The predicted octanol–water partition coefficient (Wildman–Crippen LogP) is 22.9. The van der Waals surface area contributed by atoms with Gasteiger partial charge in [0.05, 0.1) is 26.4 Å². The second-order valence-corrected chi connectivity index (χ2v) is 30.9. The second-order valence-electron chi connectivity index (χ2n) is 28.0. The van der Waals surface area contributed by atoms with Crippen molar-refractivity contribution in [2.24, 2.45) is 5.92 Å². The van der Waals surface area contributed by atoms with E-state index in [1.54, 1.807) is 0 Å². The van der Waals surface area contributed by atoms with Gasteiger partial charge in [0.15, 0.2) is 12.2 Å². The first-order chi connectivity index (χ1) is 46.6. The van der Waals surface area contributed by atoms with Gasteiger partial charge in [0.2, 0.25) is 0 Å². The number of carbonyl (C=O) groups excluding carboxylic acids is 4. The summed E-state index contributed by atoms with van der Waals surface area (Å²) in [7, 11) is -9.91. The summed E-state index contributed by atoms with van der Waals surface area (Å²) in [6, 6.07) is 0. The van der Waals surface area contributed by atoms with Gasteiger partial charge in [0.1, 0.15) is 19.3 Å². The molecule has 0 aromatic carbocycles. The molecule has 3 unspecified atom stereocenters. The number of esters is 4. The summed E-state index contributed by atoms with van der Waals surface area (Å²) in [6.45, 7) is 7.25. The molecular weight excluding hydrogens is 1260 g/mol. The number of hydrogen-bond donors (Lipinski definition) is 3.